The molecule has 3 rings (SSSR count). The molecule has 24 heavy (non-hydrogen) atoms. The minimum Gasteiger partial charge on any atom is -0.494 e. The molecule has 2 aromatic carbocycles. The van der Waals surface area contributed by atoms with Crippen molar-refractivity contribution in [3.05, 3.63) is 72.8 Å². The highest BCUT2D eigenvalue weighted by atomic mass is 31.2. The van der Waals surface area contributed by atoms with E-state index in [9.17, 15) is 4.57 Å². The summed E-state index contributed by atoms with van der Waals surface area (Å²) in [6, 6.07) is 17.5. The standard InChI is InChI=1S/C17H18NO5P/c1-18-12-13-20-14-17(18)23-24(19,21-15-8-4-2-5-9-15)22-16-10-6-3-7-11-16/h2-11,14H,12-13H2,1H3. The van der Waals surface area contributed by atoms with Gasteiger partial charge in [-0.2, -0.15) is 4.57 Å². The third-order valence-corrected chi connectivity index (χ3v) is 4.51. The number of para-hydroxylation sites is 2. The Hall–Kier alpha value is -2.59. The van der Waals surface area contributed by atoms with Crippen LogP contribution in [0.1, 0.15) is 0 Å². The van der Waals surface area contributed by atoms with E-state index in [0.717, 1.165) is 0 Å². The molecule has 2 aromatic rings. The molecule has 0 radical (unpaired) electrons. The van der Waals surface area contributed by atoms with E-state index in [0.29, 0.717) is 24.7 Å². The molecule has 0 unspecified atom stereocenters. The van der Waals surface area contributed by atoms with Crippen LogP contribution in [0.25, 0.3) is 0 Å². The van der Waals surface area contributed by atoms with E-state index in [2.05, 4.69) is 0 Å². The van der Waals surface area contributed by atoms with Crippen molar-refractivity contribution >= 4 is 7.82 Å². The molecule has 7 heteroatoms. The van der Waals surface area contributed by atoms with Crippen molar-refractivity contribution in [3.63, 3.8) is 0 Å². The summed E-state index contributed by atoms with van der Waals surface area (Å²) >= 11 is 0. The van der Waals surface area contributed by atoms with Gasteiger partial charge < -0.3 is 23.2 Å². The molecule has 0 spiro atoms. The van der Waals surface area contributed by atoms with Crippen LogP contribution >= 0.6 is 7.82 Å². The van der Waals surface area contributed by atoms with Crippen molar-refractivity contribution in [1.29, 1.82) is 0 Å². The average molecular weight is 347 g/mol. The number of hydrogen-bond donors (Lipinski definition) is 0. The van der Waals surface area contributed by atoms with E-state index in [1.54, 1.807) is 53.4 Å². The predicted octanol–water partition coefficient (Wildman–Crippen LogP) is 4.03. The van der Waals surface area contributed by atoms with Crippen LogP contribution in [0.15, 0.2) is 72.8 Å². The van der Waals surface area contributed by atoms with Gasteiger partial charge in [0.1, 0.15) is 24.4 Å². The summed E-state index contributed by atoms with van der Waals surface area (Å²) in [4.78, 5) is 1.78. The maximum absolute atomic E-state index is 13.2. The monoisotopic (exact) mass is 347 g/mol. The molecular formula is C17H18NO5P. The van der Waals surface area contributed by atoms with E-state index < -0.39 is 7.82 Å². The van der Waals surface area contributed by atoms with Crippen LogP contribution in [-0.4, -0.2) is 25.1 Å². The van der Waals surface area contributed by atoms with Crippen LogP contribution in [0.2, 0.25) is 0 Å². The SMILES string of the molecule is CN1CCOC=C1OP(=O)(Oc1ccccc1)Oc1ccccc1. The highest BCUT2D eigenvalue weighted by Gasteiger charge is 2.35. The van der Waals surface area contributed by atoms with E-state index in [1.807, 2.05) is 19.2 Å². The fraction of sp³-hybridized carbons (Fsp3) is 0.176. The summed E-state index contributed by atoms with van der Waals surface area (Å²) in [6.45, 7) is 1.15. The zero-order valence-corrected chi connectivity index (χ0v) is 14.1. The average Bonchev–Trinajstić information content (AvgIpc) is 2.58. The Morgan fingerprint density at radius 1 is 0.917 bits per heavy atom. The van der Waals surface area contributed by atoms with Crippen molar-refractivity contribution in [2.45, 2.75) is 0 Å². The van der Waals surface area contributed by atoms with Crippen LogP contribution in [0, 0.1) is 0 Å². The van der Waals surface area contributed by atoms with Gasteiger partial charge in [-0.3, -0.25) is 0 Å². The molecule has 1 aliphatic heterocycles. The van der Waals surface area contributed by atoms with Gasteiger partial charge >= 0.3 is 7.82 Å². The Morgan fingerprint density at radius 3 is 1.96 bits per heavy atom. The molecule has 0 amide bonds. The van der Waals surface area contributed by atoms with Gasteiger partial charge in [-0.05, 0) is 24.3 Å². The second-order valence-electron chi connectivity index (χ2n) is 5.10. The molecule has 1 heterocycles. The Morgan fingerprint density at radius 2 is 1.46 bits per heavy atom. The highest BCUT2D eigenvalue weighted by molar-refractivity contribution is 7.49. The summed E-state index contributed by atoms with van der Waals surface area (Å²) in [7, 11) is -2.15. The first-order valence-corrected chi connectivity index (χ1v) is 8.92. The van der Waals surface area contributed by atoms with Crippen LogP contribution in [0.3, 0.4) is 0 Å². The van der Waals surface area contributed by atoms with Crippen LogP contribution in [-0.2, 0) is 13.8 Å². The first-order valence-electron chi connectivity index (χ1n) is 7.46. The molecule has 0 aromatic heterocycles. The minimum absolute atomic E-state index is 0.288. The van der Waals surface area contributed by atoms with Crippen LogP contribution in [0.4, 0.5) is 0 Å². The molecule has 0 saturated carbocycles. The Kier molecular flexibility index (Phi) is 4.96. The maximum Gasteiger partial charge on any atom is 0.648 e. The highest BCUT2D eigenvalue weighted by Crippen LogP contribution is 2.51. The molecule has 126 valence electrons. The fourth-order valence-electron chi connectivity index (χ4n) is 2.00. The van der Waals surface area contributed by atoms with Gasteiger partial charge in [0.15, 0.2) is 0 Å². The lowest BCUT2D eigenvalue weighted by molar-refractivity contribution is 0.106. The summed E-state index contributed by atoms with van der Waals surface area (Å²) < 4.78 is 35.1. The van der Waals surface area contributed by atoms with Crippen LogP contribution in [0.5, 0.6) is 11.5 Å². The molecule has 0 atom stereocenters. The van der Waals surface area contributed by atoms with Crippen molar-refractivity contribution in [2.24, 2.45) is 0 Å². The number of phosphoric acid groups is 1. The lowest BCUT2D eigenvalue weighted by Crippen LogP contribution is -2.28. The van der Waals surface area contributed by atoms with Gasteiger partial charge in [0, 0.05) is 7.05 Å². The van der Waals surface area contributed by atoms with E-state index in [-0.39, 0.29) is 5.88 Å². The lowest BCUT2D eigenvalue weighted by Gasteiger charge is -2.28. The number of hydrogen-bond acceptors (Lipinski definition) is 6. The Labute approximate surface area is 140 Å². The molecule has 0 N–H and O–H groups in total. The van der Waals surface area contributed by atoms with Crippen molar-refractivity contribution in [1.82, 2.24) is 4.90 Å². The van der Waals surface area contributed by atoms with E-state index in [1.165, 1.54) is 6.26 Å². The van der Waals surface area contributed by atoms with E-state index >= 15 is 0 Å². The van der Waals surface area contributed by atoms with Crippen LogP contribution < -0.4 is 9.05 Å². The van der Waals surface area contributed by atoms with Crippen molar-refractivity contribution in [3.8, 4) is 11.5 Å². The first kappa shape index (κ1) is 16.3. The van der Waals surface area contributed by atoms with Gasteiger partial charge in [-0.25, -0.2) is 0 Å². The summed E-state index contributed by atoms with van der Waals surface area (Å²) in [5, 5.41) is 0. The lowest BCUT2D eigenvalue weighted by atomic mass is 10.3. The number of phosphoric ester groups is 1. The third kappa shape index (κ3) is 4.24. The zero-order valence-electron chi connectivity index (χ0n) is 13.2. The summed E-state index contributed by atoms with van der Waals surface area (Å²) in [5.74, 6) is 1.06. The Balaban J connectivity index is 1.85. The third-order valence-electron chi connectivity index (χ3n) is 3.23. The predicted molar refractivity (Wildman–Crippen MR) is 89.5 cm³/mol. The Bertz CT molecular complexity index is 690. The van der Waals surface area contributed by atoms with E-state index in [4.69, 9.17) is 18.3 Å². The second-order valence-corrected chi connectivity index (χ2v) is 6.54. The van der Waals surface area contributed by atoms with Crippen molar-refractivity contribution < 1.29 is 22.9 Å². The summed E-state index contributed by atoms with van der Waals surface area (Å²) in [6.07, 6.45) is 1.40. The smallest absolute Gasteiger partial charge is 0.494 e. The topological polar surface area (TPSA) is 57.2 Å². The summed E-state index contributed by atoms with van der Waals surface area (Å²) in [5.41, 5.74) is 0. The second kappa shape index (κ2) is 7.32. The van der Waals surface area contributed by atoms with Gasteiger partial charge in [-0.1, -0.05) is 36.4 Å². The maximum atomic E-state index is 13.2. The van der Waals surface area contributed by atoms with Gasteiger partial charge in [0.05, 0.1) is 6.54 Å². The molecular weight excluding hydrogens is 329 g/mol. The number of ether oxygens (including phenoxy) is 1. The fourth-order valence-corrected chi connectivity index (χ4v) is 3.29. The molecule has 1 aliphatic rings. The van der Waals surface area contributed by atoms with Crippen molar-refractivity contribution in [2.75, 3.05) is 20.2 Å². The molecule has 0 aliphatic carbocycles. The largest absolute Gasteiger partial charge is 0.648 e. The molecule has 6 nitrogen and oxygen atoms in total. The number of benzene rings is 2. The normalized spacial score (nSPS) is 14.4. The van der Waals surface area contributed by atoms with Gasteiger partial charge in [0.2, 0.25) is 5.88 Å². The number of likely N-dealkylation sites (N-methyl/N-ethyl adjacent to an activating group) is 1. The molecule has 0 bridgehead atoms. The number of nitrogens with zero attached hydrogens (tertiary/aromatic N) is 1. The molecule has 0 saturated heterocycles. The molecule has 0 fully saturated rings. The van der Waals surface area contributed by atoms with Gasteiger partial charge in [0.25, 0.3) is 0 Å². The quantitative estimate of drug-likeness (QED) is 0.736. The minimum atomic E-state index is -3.96. The van der Waals surface area contributed by atoms with Gasteiger partial charge in [-0.15, -0.1) is 0 Å². The number of rotatable bonds is 6. The zero-order chi connectivity index (χ0) is 16.8. The first-order chi connectivity index (χ1) is 11.6.